The second kappa shape index (κ2) is 8.41. The van der Waals surface area contributed by atoms with Crippen LogP contribution in [0.1, 0.15) is 38.7 Å². The molecule has 3 rings (SSSR count). The Balaban J connectivity index is 1.86. The number of hydrogen-bond acceptors (Lipinski definition) is 5. The molecule has 2 aromatic heterocycles. The van der Waals surface area contributed by atoms with E-state index in [0.717, 1.165) is 42.2 Å². The predicted octanol–water partition coefficient (Wildman–Crippen LogP) is 5.32. The molecule has 1 aromatic carbocycles. The fourth-order valence-corrected chi connectivity index (χ4v) is 3.71. The molecule has 0 spiro atoms. The average molecular weight is 356 g/mol. The lowest BCUT2D eigenvalue weighted by Crippen LogP contribution is -2.07. The van der Waals surface area contributed by atoms with Gasteiger partial charge in [-0.15, -0.1) is 11.3 Å². The number of benzene rings is 1. The Morgan fingerprint density at radius 3 is 2.68 bits per heavy atom. The number of hydrogen-bond donors (Lipinski definition) is 1. The normalized spacial score (nSPS) is 11.4. The number of nitrogens with zero attached hydrogens (tertiary/aromatic N) is 2. The minimum Gasteiger partial charge on any atom is -0.382 e. The molecule has 0 radical (unpaired) electrons. The van der Waals surface area contributed by atoms with Crippen LogP contribution in [0.25, 0.3) is 21.3 Å². The summed E-state index contributed by atoms with van der Waals surface area (Å²) in [5, 5.41) is 6.74. The Bertz CT molecular complexity index is 811. The van der Waals surface area contributed by atoms with E-state index in [1.54, 1.807) is 17.7 Å². The van der Waals surface area contributed by atoms with Crippen molar-refractivity contribution in [2.45, 2.75) is 33.1 Å². The Labute approximate surface area is 153 Å². The Hall–Kier alpha value is -1.98. The highest BCUT2D eigenvalue weighted by Gasteiger charge is 2.13. The van der Waals surface area contributed by atoms with Crippen LogP contribution in [0.15, 0.2) is 36.0 Å². The summed E-state index contributed by atoms with van der Waals surface area (Å²) in [5.74, 6) is 1.45. The SMILES string of the molecule is CCOCCCNc1ncnc2scc(-c3ccc(C(C)C)cc3)c12. The van der Waals surface area contributed by atoms with E-state index < -0.39 is 0 Å². The summed E-state index contributed by atoms with van der Waals surface area (Å²) in [6.45, 7) is 8.82. The molecule has 0 fully saturated rings. The van der Waals surface area contributed by atoms with E-state index in [9.17, 15) is 0 Å². The van der Waals surface area contributed by atoms with E-state index in [1.807, 2.05) is 6.92 Å². The van der Waals surface area contributed by atoms with Gasteiger partial charge in [-0.2, -0.15) is 0 Å². The summed E-state index contributed by atoms with van der Waals surface area (Å²) in [6, 6.07) is 8.82. The number of rotatable bonds is 8. The van der Waals surface area contributed by atoms with Crippen molar-refractivity contribution in [2.24, 2.45) is 0 Å². The molecule has 0 amide bonds. The number of nitrogens with one attached hydrogen (secondary N) is 1. The summed E-state index contributed by atoms with van der Waals surface area (Å²) in [6.07, 6.45) is 2.59. The summed E-state index contributed by atoms with van der Waals surface area (Å²) >= 11 is 1.66. The van der Waals surface area contributed by atoms with Gasteiger partial charge in [0.1, 0.15) is 17.0 Å². The Morgan fingerprint density at radius 1 is 1.16 bits per heavy atom. The zero-order valence-corrected chi connectivity index (χ0v) is 15.9. The molecular weight excluding hydrogens is 330 g/mol. The number of fused-ring (bicyclic) bond motifs is 1. The van der Waals surface area contributed by atoms with Crippen LogP contribution in [-0.4, -0.2) is 29.7 Å². The molecule has 0 aliphatic rings. The van der Waals surface area contributed by atoms with Crippen molar-refractivity contribution in [1.82, 2.24) is 9.97 Å². The maximum Gasteiger partial charge on any atom is 0.138 e. The van der Waals surface area contributed by atoms with E-state index in [-0.39, 0.29) is 0 Å². The molecule has 0 saturated carbocycles. The fourth-order valence-electron chi connectivity index (χ4n) is 2.79. The first-order valence-corrected chi connectivity index (χ1v) is 9.72. The third-order valence-electron chi connectivity index (χ3n) is 4.22. The van der Waals surface area contributed by atoms with Crippen LogP contribution in [0.2, 0.25) is 0 Å². The van der Waals surface area contributed by atoms with Crippen molar-refractivity contribution in [3.8, 4) is 11.1 Å². The van der Waals surface area contributed by atoms with Crippen molar-refractivity contribution in [3.05, 3.63) is 41.5 Å². The summed E-state index contributed by atoms with van der Waals surface area (Å²) in [7, 11) is 0. The van der Waals surface area contributed by atoms with Crippen molar-refractivity contribution < 1.29 is 4.74 Å². The molecule has 25 heavy (non-hydrogen) atoms. The zero-order valence-electron chi connectivity index (χ0n) is 15.1. The van der Waals surface area contributed by atoms with Crippen molar-refractivity contribution >= 4 is 27.4 Å². The molecule has 132 valence electrons. The average Bonchev–Trinajstić information content (AvgIpc) is 3.06. The van der Waals surface area contributed by atoms with Gasteiger partial charge in [-0.1, -0.05) is 38.1 Å². The van der Waals surface area contributed by atoms with Gasteiger partial charge >= 0.3 is 0 Å². The van der Waals surface area contributed by atoms with E-state index >= 15 is 0 Å². The third kappa shape index (κ3) is 4.17. The second-order valence-corrected chi connectivity index (χ2v) is 7.16. The minimum absolute atomic E-state index is 0.541. The molecular formula is C20H25N3OS. The van der Waals surface area contributed by atoms with Crippen LogP contribution in [0, 0.1) is 0 Å². The van der Waals surface area contributed by atoms with Gasteiger partial charge in [0.15, 0.2) is 0 Å². The van der Waals surface area contributed by atoms with Crippen LogP contribution >= 0.6 is 11.3 Å². The number of aromatic nitrogens is 2. The van der Waals surface area contributed by atoms with Crippen LogP contribution < -0.4 is 5.32 Å². The molecule has 0 saturated heterocycles. The monoisotopic (exact) mass is 355 g/mol. The lowest BCUT2D eigenvalue weighted by Gasteiger charge is -2.09. The Kier molecular flexibility index (Phi) is 6.00. The minimum atomic E-state index is 0.541. The summed E-state index contributed by atoms with van der Waals surface area (Å²) < 4.78 is 5.40. The van der Waals surface area contributed by atoms with Gasteiger partial charge in [-0.3, -0.25) is 0 Å². The fraction of sp³-hybridized carbons (Fsp3) is 0.400. The van der Waals surface area contributed by atoms with Crippen LogP contribution in [-0.2, 0) is 4.74 Å². The molecule has 2 heterocycles. The quantitative estimate of drug-likeness (QED) is 0.556. The molecule has 1 N–H and O–H groups in total. The summed E-state index contributed by atoms with van der Waals surface area (Å²) in [4.78, 5) is 9.93. The van der Waals surface area contributed by atoms with Gasteiger partial charge in [0.05, 0.1) is 5.39 Å². The first-order chi connectivity index (χ1) is 12.2. The zero-order chi connectivity index (χ0) is 17.6. The Morgan fingerprint density at radius 2 is 1.96 bits per heavy atom. The molecule has 4 nitrogen and oxygen atoms in total. The lowest BCUT2D eigenvalue weighted by atomic mass is 9.99. The first kappa shape index (κ1) is 17.8. The number of ether oxygens (including phenoxy) is 1. The highest BCUT2D eigenvalue weighted by atomic mass is 32.1. The standard InChI is InChI=1S/C20H25N3OS/c1-4-24-11-5-10-21-19-18-17(12-25-20(18)23-13-22-19)16-8-6-15(7-9-16)14(2)3/h6-9,12-14H,4-5,10-11H2,1-3H3,(H,21,22,23). The molecule has 3 aromatic rings. The lowest BCUT2D eigenvalue weighted by molar-refractivity contribution is 0.147. The number of anilines is 1. The van der Waals surface area contributed by atoms with E-state index in [2.05, 4.69) is 58.8 Å². The molecule has 0 atom stereocenters. The van der Waals surface area contributed by atoms with Gasteiger partial charge in [0.25, 0.3) is 0 Å². The first-order valence-electron chi connectivity index (χ1n) is 8.84. The van der Waals surface area contributed by atoms with Crippen LogP contribution in [0.5, 0.6) is 0 Å². The second-order valence-electron chi connectivity index (χ2n) is 6.31. The predicted molar refractivity (Wildman–Crippen MR) is 107 cm³/mol. The molecule has 0 aliphatic heterocycles. The van der Waals surface area contributed by atoms with Gasteiger partial charge < -0.3 is 10.1 Å². The van der Waals surface area contributed by atoms with Gasteiger partial charge in [-0.25, -0.2) is 9.97 Å². The van der Waals surface area contributed by atoms with Gasteiger partial charge in [-0.05, 0) is 30.4 Å². The van der Waals surface area contributed by atoms with E-state index in [0.29, 0.717) is 5.92 Å². The topological polar surface area (TPSA) is 47.0 Å². The van der Waals surface area contributed by atoms with E-state index in [1.165, 1.54) is 16.7 Å². The van der Waals surface area contributed by atoms with Crippen molar-refractivity contribution in [1.29, 1.82) is 0 Å². The highest BCUT2D eigenvalue weighted by Crippen LogP contribution is 2.36. The van der Waals surface area contributed by atoms with Crippen molar-refractivity contribution in [2.75, 3.05) is 25.1 Å². The largest absolute Gasteiger partial charge is 0.382 e. The number of thiophene rings is 1. The maximum atomic E-state index is 5.40. The van der Waals surface area contributed by atoms with Crippen LogP contribution in [0.3, 0.4) is 0 Å². The van der Waals surface area contributed by atoms with Gasteiger partial charge in [0, 0.05) is 30.7 Å². The smallest absolute Gasteiger partial charge is 0.138 e. The van der Waals surface area contributed by atoms with Gasteiger partial charge in [0.2, 0.25) is 0 Å². The van der Waals surface area contributed by atoms with Crippen molar-refractivity contribution in [3.63, 3.8) is 0 Å². The molecule has 0 unspecified atom stereocenters. The van der Waals surface area contributed by atoms with Crippen LogP contribution in [0.4, 0.5) is 5.82 Å². The highest BCUT2D eigenvalue weighted by molar-refractivity contribution is 7.17. The van der Waals surface area contributed by atoms with E-state index in [4.69, 9.17) is 4.74 Å². The molecule has 0 aliphatic carbocycles. The third-order valence-corrected chi connectivity index (χ3v) is 5.11. The summed E-state index contributed by atoms with van der Waals surface area (Å²) in [5.41, 5.74) is 3.76. The molecule has 5 heteroatoms. The molecule has 0 bridgehead atoms. The maximum absolute atomic E-state index is 5.40.